The molecule has 2 heterocycles. The Balaban J connectivity index is 1.51. The Hall–Kier alpha value is -2.86. The summed E-state index contributed by atoms with van der Waals surface area (Å²) in [6, 6.07) is 14.9. The van der Waals surface area contributed by atoms with Crippen molar-refractivity contribution in [3.63, 3.8) is 0 Å². The fourth-order valence-corrected chi connectivity index (χ4v) is 4.56. The summed E-state index contributed by atoms with van der Waals surface area (Å²) >= 11 is 0. The lowest BCUT2D eigenvalue weighted by atomic mass is 9.91. The van der Waals surface area contributed by atoms with Gasteiger partial charge in [-0.15, -0.1) is 0 Å². The van der Waals surface area contributed by atoms with Crippen molar-refractivity contribution >= 4 is 17.1 Å². The number of carbonyl (C=O) groups is 1. The highest BCUT2D eigenvalue weighted by atomic mass is 16.5. The minimum atomic E-state index is -0.805. The molecule has 1 N–H and O–H groups in total. The van der Waals surface area contributed by atoms with Gasteiger partial charge in [-0.3, -0.25) is 0 Å². The van der Waals surface area contributed by atoms with Gasteiger partial charge in [-0.2, -0.15) is 0 Å². The van der Waals surface area contributed by atoms with Crippen LogP contribution in [0.4, 0.5) is 4.79 Å². The number of likely N-dealkylation sites (tertiary alicyclic amines) is 1. The number of benzene rings is 2. The lowest BCUT2D eigenvalue weighted by Gasteiger charge is -2.29. The predicted molar refractivity (Wildman–Crippen MR) is 121 cm³/mol. The van der Waals surface area contributed by atoms with Gasteiger partial charge >= 0.3 is 6.09 Å². The normalized spacial score (nSPS) is 15.1. The van der Waals surface area contributed by atoms with Crippen molar-refractivity contribution in [2.24, 2.45) is 5.92 Å². The summed E-state index contributed by atoms with van der Waals surface area (Å²) in [4.78, 5) is 14.8. The molecule has 1 aromatic heterocycles. The van der Waals surface area contributed by atoms with Gasteiger partial charge in [-0.25, -0.2) is 4.79 Å². The van der Waals surface area contributed by atoms with Crippen LogP contribution < -0.4 is 0 Å². The maximum Gasteiger partial charge on any atom is 0.407 e. The van der Waals surface area contributed by atoms with Crippen LogP contribution in [0.25, 0.3) is 11.0 Å². The van der Waals surface area contributed by atoms with Gasteiger partial charge in [0.1, 0.15) is 0 Å². The summed E-state index contributed by atoms with van der Waals surface area (Å²) in [5.41, 5.74) is 5.69. The van der Waals surface area contributed by atoms with Crippen molar-refractivity contribution in [2.75, 3.05) is 27.2 Å². The SMILES string of the molecule is CN(C)Cc1c(Cc2ccccc2)ccc2c(CCC3CCN(C(=O)O)CC3)noc12. The molecule has 3 aromatic rings. The van der Waals surface area contributed by atoms with Crippen molar-refractivity contribution in [3.8, 4) is 0 Å². The Morgan fingerprint density at radius 1 is 1.16 bits per heavy atom. The number of rotatable bonds is 7. The minimum Gasteiger partial charge on any atom is -0.465 e. The van der Waals surface area contributed by atoms with Crippen molar-refractivity contribution in [2.45, 2.75) is 38.6 Å². The molecule has 1 amide bonds. The highest BCUT2D eigenvalue weighted by molar-refractivity contribution is 5.83. The van der Waals surface area contributed by atoms with E-state index in [9.17, 15) is 4.79 Å². The van der Waals surface area contributed by atoms with Crippen molar-refractivity contribution in [1.29, 1.82) is 0 Å². The number of hydrogen-bond donors (Lipinski definition) is 1. The second-order valence-corrected chi connectivity index (χ2v) is 8.86. The topological polar surface area (TPSA) is 69.8 Å². The number of fused-ring (bicyclic) bond motifs is 1. The van der Waals surface area contributed by atoms with E-state index >= 15 is 0 Å². The molecule has 31 heavy (non-hydrogen) atoms. The minimum absolute atomic E-state index is 0.543. The number of aromatic nitrogens is 1. The monoisotopic (exact) mass is 421 g/mol. The largest absolute Gasteiger partial charge is 0.465 e. The molecule has 0 atom stereocenters. The van der Waals surface area contributed by atoms with Crippen LogP contribution >= 0.6 is 0 Å². The van der Waals surface area contributed by atoms with Crippen LogP contribution in [-0.4, -0.2) is 53.3 Å². The Kier molecular flexibility index (Phi) is 6.56. The number of amides is 1. The predicted octanol–water partition coefficient (Wildman–Crippen LogP) is 4.80. The molecule has 0 unspecified atom stereocenters. The van der Waals surface area contributed by atoms with E-state index in [0.717, 1.165) is 55.3 Å². The molecule has 0 bridgehead atoms. The zero-order valence-corrected chi connectivity index (χ0v) is 18.4. The molecule has 0 spiro atoms. The second-order valence-electron chi connectivity index (χ2n) is 8.86. The van der Waals surface area contributed by atoms with Crippen molar-refractivity contribution < 1.29 is 14.4 Å². The van der Waals surface area contributed by atoms with Gasteiger partial charge < -0.3 is 19.4 Å². The summed E-state index contributed by atoms with van der Waals surface area (Å²) in [6.07, 6.45) is 3.80. The number of carboxylic acid groups (broad SMARTS) is 1. The van der Waals surface area contributed by atoms with Gasteiger partial charge in [0, 0.05) is 30.6 Å². The summed E-state index contributed by atoms with van der Waals surface area (Å²) < 4.78 is 5.89. The molecule has 1 fully saturated rings. The molecule has 1 saturated heterocycles. The van der Waals surface area contributed by atoms with Gasteiger partial charge in [0.2, 0.25) is 0 Å². The number of nitrogens with zero attached hydrogens (tertiary/aromatic N) is 3. The van der Waals surface area contributed by atoms with E-state index in [1.165, 1.54) is 21.6 Å². The Morgan fingerprint density at radius 2 is 1.90 bits per heavy atom. The molecule has 4 rings (SSSR count). The van der Waals surface area contributed by atoms with Crippen LogP contribution in [0.3, 0.4) is 0 Å². The molecule has 1 aliphatic heterocycles. The smallest absolute Gasteiger partial charge is 0.407 e. The molecule has 2 aromatic carbocycles. The van der Waals surface area contributed by atoms with Crippen LogP contribution in [0.1, 0.15) is 41.6 Å². The lowest BCUT2D eigenvalue weighted by Crippen LogP contribution is -2.37. The zero-order chi connectivity index (χ0) is 21.8. The molecule has 6 nitrogen and oxygen atoms in total. The molecular weight excluding hydrogens is 390 g/mol. The first-order valence-corrected chi connectivity index (χ1v) is 11.1. The van der Waals surface area contributed by atoms with Crippen LogP contribution in [0, 0.1) is 5.92 Å². The van der Waals surface area contributed by atoms with E-state index in [0.29, 0.717) is 19.0 Å². The van der Waals surface area contributed by atoms with E-state index in [-0.39, 0.29) is 0 Å². The quantitative estimate of drug-likeness (QED) is 0.593. The van der Waals surface area contributed by atoms with Crippen LogP contribution in [0.2, 0.25) is 0 Å². The van der Waals surface area contributed by atoms with E-state index in [4.69, 9.17) is 9.63 Å². The number of hydrogen-bond acceptors (Lipinski definition) is 4. The zero-order valence-electron chi connectivity index (χ0n) is 18.4. The number of aryl methyl sites for hydroxylation is 1. The third-order valence-corrected chi connectivity index (χ3v) is 6.30. The van der Waals surface area contributed by atoms with E-state index in [1.807, 2.05) is 6.07 Å². The van der Waals surface area contributed by atoms with Gasteiger partial charge in [0.25, 0.3) is 0 Å². The second kappa shape index (κ2) is 9.52. The molecule has 0 aliphatic carbocycles. The standard InChI is InChI=1S/C25H31N3O3/c1-27(2)17-22-20(16-19-6-4-3-5-7-19)9-10-21-23(26-31-24(21)22)11-8-18-12-14-28(15-13-18)25(29)30/h3-7,9-10,18H,8,11-17H2,1-2H3,(H,29,30). The van der Waals surface area contributed by atoms with Crippen LogP contribution in [0.5, 0.6) is 0 Å². The molecule has 164 valence electrons. The first-order chi connectivity index (χ1) is 15.0. The third kappa shape index (κ3) is 5.07. The fourth-order valence-electron chi connectivity index (χ4n) is 4.56. The Labute approximate surface area is 183 Å². The Morgan fingerprint density at radius 3 is 2.58 bits per heavy atom. The maximum atomic E-state index is 11.1. The average molecular weight is 422 g/mol. The van der Waals surface area contributed by atoms with Gasteiger partial charge in [0.15, 0.2) is 5.58 Å². The summed E-state index contributed by atoms with van der Waals surface area (Å²) in [7, 11) is 4.15. The van der Waals surface area contributed by atoms with Gasteiger partial charge in [0.05, 0.1) is 5.69 Å². The summed E-state index contributed by atoms with van der Waals surface area (Å²) in [5, 5.41) is 14.7. The number of piperidine rings is 1. The maximum absolute atomic E-state index is 11.1. The molecule has 0 radical (unpaired) electrons. The fraction of sp³-hybridized carbons (Fsp3) is 0.440. The first-order valence-electron chi connectivity index (χ1n) is 11.1. The summed E-state index contributed by atoms with van der Waals surface area (Å²) in [5.74, 6) is 0.543. The van der Waals surface area contributed by atoms with Gasteiger partial charge in [-0.1, -0.05) is 41.6 Å². The molecule has 6 heteroatoms. The highest BCUT2D eigenvalue weighted by Gasteiger charge is 2.23. The van der Waals surface area contributed by atoms with Crippen molar-refractivity contribution in [1.82, 2.24) is 15.0 Å². The third-order valence-electron chi connectivity index (χ3n) is 6.30. The van der Waals surface area contributed by atoms with Crippen molar-refractivity contribution in [3.05, 3.63) is 64.8 Å². The summed E-state index contributed by atoms with van der Waals surface area (Å²) in [6.45, 7) is 2.08. The lowest BCUT2D eigenvalue weighted by molar-refractivity contribution is 0.123. The Bertz CT molecular complexity index is 1020. The van der Waals surface area contributed by atoms with E-state index in [1.54, 1.807) is 0 Å². The average Bonchev–Trinajstić information content (AvgIpc) is 3.18. The molecule has 1 aliphatic rings. The van der Waals surface area contributed by atoms with E-state index in [2.05, 4.69) is 60.6 Å². The molecular formula is C25H31N3O3. The van der Waals surface area contributed by atoms with Crippen LogP contribution in [-0.2, 0) is 19.4 Å². The highest BCUT2D eigenvalue weighted by Crippen LogP contribution is 2.30. The molecule has 0 saturated carbocycles. The first kappa shape index (κ1) is 21.4. The van der Waals surface area contributed by atoms with E-state index < -0.39 is 6.09 Å². The van der Waals surface area contributed by atoms with Crippen LogP contribution in [0.15, 0.2) is 47.0 Å². The van der Waals surface area contributed by atoms with Gasteiger partial charge in [-0.05, 0) is 69.3 Å².